The lowest BCUT2D eigenvalue weighted by Gasteiger charge is -2.14. The molecule has 4 heteroatoms. The van der Waals surface area contributed by atoms with Crippen molar-refractivity contribution < 1.29 is 9.59 Å². The summed E-state index contributed by atoms with van der Waals surface area (Å²) in [6.45, 7) is 2.30. The average Bonchev–Trinajstić information content (AvgIpc) is 2.91. The lowest BCUT2D eigenvalue weighted by atomic mass is 10.0. The maximum atomic E-state index is 12.8. The van der Waals surface area contributed by atoms with Crippen molar-refractivity contribution in [3.8, 4) is 0 Å². The molecule has 2 amide bonds. The first-order valence-corrected chi connectivity index (χ1v) is 9.23. The fourth-order valence-electron chi connectivity index (χ4n) is 3.11. The van der Waals surface area contributed by atoms with Crippen LogP contribution >= 0.6 is 11.8 Å². The quantitative estimate of drug-likeness (QED) is 0.589. The van der Waals surface area contributed by atoms with Gasteiger partial charge in [0.1, 0.15) is 0 Å². The fourth-order valence-corrected chi connectivity index (χ4v) is 3.94. The molecule has 0 N–H and O–H groups in total. The number of fused-ring (bicyclic) bond motifs is 1. The van der Waals surface area contributed by atoms with Crippen LogP contribution in [0, 0.1) is 6.92 Å². The van der Waals surface area contributed by atoms with Crippen molar-refractivity contribution in [2.24, 2.45) is 0 Å². The third-order valence-corrected chi connectivity index (χ3v) is 5.48. The predicted octanol–water partition coefficient (Wildman–Crippen LogP) is 5.38. The summed E-state index contributed by atoms with van der Waals surface area (Å²) in [5.41, 5.74) is 3.01. The van der Waals surface area contributed by atoms with Crippen LogP contribution in [0.1, 0.15) is 16.7 Å². The molecule has 0 radical (unpaired) electrons. The summed E-state index contributed by atoms with van der Waals surface area (Å²) in [6, 6.07) is 21.8. The summed E-state index contributed by atoms with van der Waals surface area (Å²) in [6.07, 6.45) is 1.82. The van der Waals surface area contributed by atoms with Crippen LogP contribution in [0.4, 0.5) is 4.79 Å². The van der Waals surface area contributed by atoms with Crippen molar-refractivity contribution in [3.05, 3.63) is 88.3 Å². The van der Waals surface area contributed by atoms with Crippen molar-refractivity contribution in [2.45, 2.75) is 13.5 Å². The van der Waals surface area contributed by atoms with Crippen LogP contribution in [0.15, 0.2) is 71.6 Å². The van der Waals surface area contributed by atoms with Crippen LogP contribution in [0.2, 0.25) is 0 Å². The number of thioether (sulfide) groups is 1. The molecule has 0 aliphatic carbocycles. The van der Waals surface area contributed by atoms with E-state index >= 15 is 0 Å². The van der Waals surface area contributed by atoms with Gasteiger partial charge in [0.25, 0.3) is 11.1 Å². The van der Waals surface area contributed by atoms with Gasteiger partial charge in [-0.1, -0.05) is 66.7 Å². The molecule has 3 aromatic carbocycles. The predicted molar refractivity (Wildman–Crippen MR) is 107 cm³/mol. The van der Waals surface area contributed by atoms with E-state index in [-0.39, 0.29) is 11.1 Å². The Balaban J connectivity index is 1.66. The van der Waals surface area contributed by atoms with Gasteiger partial charge in [-0.2, -0.15) is 0 Å². The summed E-state index contributed by atoms with van der Waals surface area (Å²) < 4.78 is 0. The molecule has 1 aliphatic rings. The lowest BCUT2D eigenvalue weighted by Crippen LogP contribution is -2.27. The van der Waals surface area contributed by atoms with Crippen molar-refractivity contribution in [3.63, 3.8) is 0 Å². The Morgan fingerprint density at radius 1 is 0.923 bits per heavy atom. The molecule has 1 saturated heterocycles. The molecule has 0 bridgehead atoms. The van der Waals surface area contributed by atoms with Gasteiger partial charge in [0, 0.05) is 0 Å². The van der Waals surface area contributed by atoms with Crippen molar-refractivity contribution in [1.82, 2.24) is 4.90 Å². The van der Waals surface area contributed by atoms with Gasteiger partial charge in [-0.25, -0.2) is 0 Å². The second kappa shape index (κ2) is 6.81. The van der Waals surface area contributed by atoms with E-state index in [1.54, 1.807) is 0 Å². The van der Waals surface area contributed by atoms with Gasteiger partial charge in [-0.05, 0) is 52.2 Å². The van der Waals surface area contributed by atoms with E-state index in [1.165, 1.54) is 4.90 Å². The molecule has 3 nitrogen and oxygen atoms in total. The number of benzene rings is 3. The van der Waals surface area contributed by atoms with Crippen molar-refractivity contribution in [1.29, 1.82) is 0 Å². The summed E-state index contributed by atoms with van der Waals surface area (Å²) in [5, 5.41) is 1.96. The number of hydrogen-bond acceptors (Lipinski definition) is 3. The summed E-state index contributed by atoms with van der Waals surface area (Å²) >= 11 is 1.01. The molecule has 0 aromatic heterocycles. The molecular formula is C22H17NO2S. The molecule has 128 valence electrons. The molecule has 1 heterocycles. The molecule has 4 rings (SSSR count). The molecular weight excluding hydrogens is 342 g/mol. The third kappa shape index (κ3) is 3.04. The number of carbonyl (C=O) groups excluding carboxylic acids is 2. The summed E-state index contributed by atoms with van der Waals surface area (Å²) in [4.78, 5) is 27.0. The minimum Gasteiger partial charge on any atom is -0.268 e. The van der Waals surface area contributed by atoms with Gasteiger partial charge in [0.05, 0.1) is 11.4 Å². The maximum Gasteiger partial charge on any atom is 0.293 e. The van der Waals surface area contributed by atoms with Crippen LogP contribution < -0.4 is 0 Å². The molecule has 3 aromatic rings. The standard InChI is InChI=1S/C22H17NO2S/c1-15-7-2-3-9-18(15)14-23-21(24)20(26-22(23)25)13-17-11-6-10-16-8-4-5-12-19(16)17/h2-13H,14H2,1H3/b20-13-. The van der Waals surface area contributed by atoms with Crippen LogP contribution in [-0.2, 0) is 11.3 Å². The zero-order valence-corrected chi connectivity index (χ0v) is 15.1. The first-order chi connectivity index (χ1) is 12.6. The number of aryl methyl sites for hydroxylation is 1. The Hall–Kier alpha value is -2.85. The highest BCUT2D eigenvalue weighted by Crippen LogP contribution is 2.34. The minimum absolute atomic E-state index is 0.218. The average molecular weight is 359 g/mol. The smallest absolute Gasteiger partial charge is 0.268 e. The molecule has 0 atom stereocenters. The third-order valence-electron chi connectivity index (χ3n) is 4.57. The van der Waals surface area contributed by atoms with Gasteiger partial charge in [-0.15, -0.1) is 0 Å². The highest BCUT2D eigenvalue weighted by atomic mass is 32.2. The van der Waals surface area contributed by atoms with E-state index in [4.69, 9.17) is 0 Å². The zero-order valence-electron chi connectivity index (χ0n) is 14.3. The molecule has 0 unspecified atom stereocenters. The zero-order chi connectivity index (χ0) is 18.1. The van der Waals surface area contributed by atoms with Crippen LogP contribution in [0.3, 0.4) is 0 Å². The number of carbonyl (C=O) groups is 2. The first kappa shape index (κ1) is 16.6. The largest absolute Gasteiger partial charge is 0.293 e. The highest BCUT2D eigenvalue weighted by molar-refractivity contribution is 8.18. The number of amides is 2. The monoisotopic (exact) mass is 359 g/mol. The van der Waals surface area contributed by atoms with E-state index in [9.17, 15) is 9.59 Å². The van der Waals surface area contributed by atoms with Crippen molar-refractivity contribution >= 4 is 39.8 Å². The number of rotatable bonds is 3. The second-order valence-corrected chi connectivity index (χ2v) is 7.26. The molecule has 26 heavy (non-hydrogen) atoms. The Morgan fingerprint density at radius 3 is 2.50 bits per heavy atom. The van der Waals surface area contributed by atoms with E-state index < -0.39 is 0 Å². The fraction of sp³-hybridized carbons (Fsp3) is 0.0909. The van der Waals surface area contributed by atoms with E-state index in [1.807, 2.05) is 79.7 Å². The Labute approximate surface area is 156 Å². The minimum atomic E-state index is -0.226. The lowest BCUT2D eigenvalue weighted by molar-refractivity contribution is -0.123. The first-order valence-electron chi connectivity index (χ1n) is 8.41. The Morgan fingerprint density at radius 2 is 1.65 bits per heavy atom. The van der Waals surface area contributed by atoms with Crippen LogP contribution in [-0.4, -0.2) is 16.0 Å². The number of imide groups is 1. The van der Waals surface area contributed by atoms with E-state index in [0.717, 1.165) is 39.2 Å². The Kier molecular flexibility index (Phi) is 4.35. The SMILES string of the molecule is Cc1ccccc1CN1C(=O)S/C(=C\c2cccc3ccccc23)C1=O. The number of hydrogen-bond donors (Lipinski definition) is 0. The van der Waals surface area contributed by atoms with Gasteiger partial charge in [0.2, 0.25) is 0 Å². The molecule has 1 aliphatic heterocycles. The van der Waals surface area contributed by atoms with Crippen LogP contribution in [0.25, 0.3) is 16.8 Å². The normalized spacial score (nSPS) is 16.0. The van der Waals surface area contributed by atoms with Crippen LogP contribution in [0.5, 0.6) is 0 Å². The van der Waals surface area contributed by atoms with Crippen molar-refractivity contribution in [2.75, 3.05) is 0 Å². The molecule has 0 spiro atoms. The maximum absolute atomic E-state index is 12.8. The molecule has 1 fully saturated rings. The Bertz CT molecular complexity index is 1050. The van der Waals surface area contributed by atoms with E-state index in [2.05, 4.69) is 0 Å². The molecule has 0 saturated carbocycles. The number of nitrogens with zero attached hydrogens (tertiary/aromatic N) is 1. The highest BCUT2D eigenvalue weighted by Gasteiger charge is 2.35. The van der Waals surface area contributed by atoms with E-state index in [0.29, 0.717) is 11.4 Å². The van der Waals surface area contributed by atoms with Gasteiger partial charge in [0.15, 0.2) is 0 Å². The van der Waals surface area contributed by atoms with Gasteiger partial charge in [-0.3, -0.25) is 14.5 Å². The summed E-state index contributed by atoms with van der Waals surface area (Å²) in [5.74, 6) is -0.226. The van der Waals surface area contributed by atoms with Gasteiger partial charge >= 0.3 is 0 Å². The summed E-state index contributed by atoms with van der Waals surface area (Å²) in [7, 11) is 0. The second-order valence-electron chi connectivity index (χ2n) is 6.26. The van der Waals surface area contributed by atoms with Gasteiger partial charge < -0.3 is 0 Å². The topological polar surface area (TPSA) is 37.4 Å².